The maximum Gasteiger partial charge on any atom is 0.0702 e. The van der Waals surface area contributed by atoms with E-state index in [1.54, 1.807) is 0 Å². The molecule has 2 rings (SSSR count). The fourth-order valence-electron chi connectivity index (χ4n) is 2.88. The Hall–Kier alpha value is -0.160. The van der Waals surface area contributed by atoms with Crippen LogP contribution in [0.15, 0.2) is 0 Å². The molecule has 0 radical (unpaired) electrons. The molecule has 0 amide bonds. The standard InChI is InChI=1S/C14H28N2O2/c1-2-18-14-4-3-7-16(11-14)8-6-15-10-13-5-9-17-12-13/h13-15H,2-12H2,1H3. The number of hydrogen-bond acceptors (Lipinski definition) is 4. The first-order valence-electron chi connectivity index (χ1n) is 7.51. The van der Waals surface area contributed by atoms with Crippen LogP contribution in [0.1, 0.15) is 26.2 Å². The molecule has 2 aliphatic heterocycles. The fourth-order valence-corrected chi connectivity index (χ4v) is 2.88. The maximum absolute atomic E-state index is 5.72. The maximum atomic E-state index is 5.72. The Kier molecular flexibility index (Phi) is 6.41. The molecule has 2 aliphatic rings. The topological polar surface area (TPSA) is 33.7 Å². The highest BCUT2D eigenvalue weighted by Gasteiger charge is 2.19. The molecule has 2 fully saturated rings. The second kappa shape index (κ2) is 8.10. The molecule has 4 nitrogen and oxygen atoms in total. The van der Waals surface area contributed by atoms with Crippen LogP contribution < -0.4 is 5.32 Å². The predicted octanol–water partition coefficient (Wildman–Crippen LogP) is 1.11. The van der Waals surface area contributed by atoms with E-state index in [9.17, 15) is 0 Å². The van der Waals surface area contributed by atoms with Crippen LogP contribution in [0, 0.1) is 5.92 Å². The van der Waals surface area contributed by atoms with Crippen LogP contribution in [-0.2, 0) is 9.47 Å². The van der Waals surface area contributed by atoms with Gasteiger partial charge in [0.1, 0.15) is 0 Å². The molecule has 2 saturated heterocycles. The van der Waals surface area contributed by atoms with Gasteiger partial charge in [-0.2, -0.15) is 0 Å². The lowest BCUT2D eigenvalue weighted by Crippen LogP contribution is -2.43. The molecule has 2 unspecified atom stereocenters. The summed E-state index contributed by atoms with van der Waals surface area (Å²) in [5, 5.41) is 3.56. The van der Waals surface area contributed by atoms with Gasteiger partial charge in [0.2, 0.25) is 0 Å². The third-order valence-electron chi connectivity index (χ3n) is 3.93. The minimum atomic E-state index is 0.465. The van der Waals surface area contributed by atoms with Gasteiger partial charge in [-0.15, -0.1) is 0 Å². The smallest absolute Gasteiger partial charge is 0.0702 e. The number of nitrogens with zero attached hydrogens (tertiary/aromatic N) is 1. The van der Waals surface area contributed by atoms with Gasteiger partial charge in [0, 0.05) is 39.4 Å². The average Bonchev–Trinajstić information content (AvgIpc) is 2.89. The van der Waals surface area contributed by atoms with Crippen molar-refractivity contribution in [2.24, 2.45) is 5.92 Å². The van der Waals surface area contributed by atoms with Gasteiger partial charge >= 0.3 is 0 Å². The van der Waals surface area contributed by atoms with Gasteiger partial charge in [0.25, 0.3) is 0 Å². The Balaban J connectivity index is 1.52. The first-order chi connectivity index (χ1) is 8.88. The number of nitrogens with one attached hydrogen (secondary N) is 1. The Bertz CT molecular complexity index is 218. The van der Waals surface area contributed by atoms with Crippen molar-refractivity contribution in [1.82, 2.24) is 10.2 Å². The van der Waals surface area contributed by atoms with Crippen molar-refractivity contribution >= 4 is 0 Å². The summed E-state index contributed by atoms with van der Waals surface area (Å²) in [6.45, 7) is 10.5. The summed E-state index contributed by atoms with van der Waals surface area (Å²) < 4.78 is 11.1. The minimum Gasteiger partial charge on any atom is -0.381 e. The molecule has 2 atom stereocenters. The van der Waals surface area contributed by atoms with Gasteiger partial charge in [-0.05, 0) is 38.6 Å². The van der Waals surface area contributed by atoms with E-state index in [1.165, 1.54) is 25.8 Å². The van der Waals surface area contributed by atoms with Crippen LogP contribution in [0.4, 0.5) is 0 Å². The summed E-state index contributed by atoms with van der Waals surface area (Å²) in [7, 11) is 0. The zero-order chi connectivity index (χ0) is 12.6. The normalized spacial score (nSPS) is 29.8. The number of ether oxygens (including phenoxy) is 2. The molecule has 2 heterocycles. The van der Waals surface area contributed by atoms with E-state index >= 15 is 0 Å². The molecule has 0 bridgehead atoms. The van der Waals surface area contributed by atoms with Crippen LogP contribution in [0.3, 0.4) is 0 Å². The third-order valence-corrected chi connectivity index (χ3v) is 3.93. The van der Waals surface area contributed by atoms with Gasteiger partial charge in [0.15, 0.2) is 0 Å². The quantitative estimate of drug-likeness (QED) is 0.692. The molecule has 0 aromatic heterocycles. The Morgan fingerprint density at radius 1 is 1.39 bits per heavy atom. The van der Waals surface area contributed by atoms with E-state index in [2.05, 4.69) is 17.1 Å². The van der Waals surface area contributed by atoms with Gasteiger partial charge in [-0.25, -0.2) is 0 Å². The molecule has 0 saturated carbocycles. The highest BCUT2D eigenvalue weighted by atomic mass is 16.5. The van der Waals surface area contributed by atoms with Crippen LogP contribution in [-0.4, -0.2) is 63.5 Å². The molecule has 18 heavy (non-hydrogen) atoms. The van der Waals surface area contributed by atoms with Crippen molar-refractivity contribution in [3.05, 3.63) is 0 Å². The Labute approximate surface area is 111 Å². The lowest BCUT2D eigenvalue weighted by Gasteiger charge is -2.32. The van der Waals surface area contributed by atoms with Crippen molar-refractivity contribution in [2.45, 2.75) is 32.3 Å². The van der Waals surface area contributed by atoms with Crippen LogP contribution >= 0.6 is 0 Å². The minimum absolute atomic E-state index is 0.465. The lowest BCUT2D eigenvalue weighted by molar-refractivity contribution is 0.00632. The van der Waals surface area contributed by atoms with Crippen molar-refractivity contribution in [1.29, 1.82) is 0 Å². The first-order valence-corrected chi connectivity index (χ1v) is 7.51. The van der Waals surface area contributed by atoms with E-state index in [1.807, 2.05) is 0 Å². The number of piperidine rings is 1. The largest absolute Gasteiger partial charge is 0.381 e. The molecule has 0 aromatic carbocycles. The van der Waals surface area contributed by atoms with E-state index in [-0.39, 0.29) is 0 Å². The molecule has 106 valence electrons. The summed E-state index contributed by atoms with van der Waals surface area (Å²) in [4.78, 5) is 2.53. The summed E-state index contributed by atoms with van der Waals surface area (Å²) in [5.41, 5.74) is 0. The monoisotopic (exact) mass is 256 g/mol. The molecule has 0 aliphatic carbocycles. The Morgan fingerprint density at radius 2 is 2.33 bits per heavy atom. The summed E-state index contributed by atoms with van der Waals surface area (Å²) in [6.07, 6.45) is 4.20. The van der Waals surface area contributed by atoms with Gasteiger partial charge < -0.3 is 14.8 Å². The van der Waals surface area contributed by atoms with Crippen molar-refractivity contribution in [2.75, 3.05) is 52.5 Å². The van der Waals surface area contributed by atoms with Crippen molar-refractivity contribution in [3.63, 3.8) is 0 Å². The second-order valence-electron chi connectivity index (χ2n) is 5.45. The molecule has 0 aromatic rings. The van der Waals surface area contributed by atoms with Gasteiger partial charge in [-0.1, -0.05) is 0 Å². The average molecular weight is 256 g/mol. The molecule has 1 N–H and O–H groups in total. The van der Waals surface area contributed by atoms with E-state index in [0.29, 0.717) is 6.10 Å². The molecular formula is C14H28N2O2. The molecule has 4 heteroatoms. The number of rotatable bonds is 7. The van der Waals surface area contributed by atoms with Crippen molar-refractivity contribution in [3.8, 4) is 0 Å². The molecular weight excluding hydrogens is 228 g/mol. The fraction of sp³-hybridized carbons (Fsp3) is 1.00. The highest BCUT2D eigenvalue weighted by molar-refractivity contribution is 4.74. The zero-order valence-electron chi connectivity index (χ0n) is 11.7. The first kappa shape index (κ1) is 14.3. The number of hydrogen-bond donors (Lipinski definition) is 1. The summed E-state index contributed by atoms with van der Waals surface area (Å²) >= 11 is 0. The van der Waals surface area contributed by atoms with Crippen LogP contribution in [0.5, 0.6) is 0 Å². The number of likely N-dealkylation sites (tertiary alicyclic amines) is 1. The van der Waals surface area contributed by atoms with E-state index in [0.717, 1.165) is 51.9 Å². The van der Waals surface area contributed by atoms with Crippen LogP contribution in [0.25, 0.3) is 0 Å². The highest BCUT2D eigenvalue weighted by Crippen LogP contribution is 2.13. The van der Waals surface area contributed by atoms with Crippen molar-refractivity contribution < 1.29 is 9.47 Å². The van der Waals surface area contributed by atoms with Gasteiger partial charge in [-0.3, -0.25) is 4.90 Å². The third kappa shape index (κ3) is 4.84. The Morgan fingerprint density at radius 3 is 3.11 bits per heavy atom. The zero-order valence-corrected chi connectivity index (χ0v) is 11.7. The second-order valence-corrected chi connectivity index (χ2v) is 5.45. The molecule has 0 spiro atoms. The van der Waals surface area contributed by atoms with Gasteiger partial charge in [0.05, 0.1) is 12.7 Å². The summed E-state index contributed by atoms with van der Waals surface area (Å²) in [6, 6.07) is 0. The van der Waals surface area contributed by atoms with E-state index in [4.69, 9.17) is 9.47 Å². The summed E-state index contributed by atoms with van der Waals surface area (Å²) in [5.74, 6) is 0.738. The van der Waals surface area contributed by atoms with Crippen LogP contribution in [0.2, 0.25) is 0 Å². The lowest BCUT2D eigenvalue weighted by atomic mass is 10.1. The SMILES string of the molecule is CCOC1CCCN(CCNCC2CCOC2)C1. The predicted molar refractivity (Wildman–Crippen MR) is 72.9 cm³/mol. The van der Waals surface area contributed by atoms with E-state index < -0.39 is 0 Å².